The van der Waals surface area contributed by atoms with Gasteiger partial charge in [0, 0.05) is 0 Å². The van der Waals surface area contributed by atoms with Crippen LogP contribution in [0.4, 0.5) is 4.39 Å². The minimum Gasteiger partial charge on any atom is -0.390 e. The molecule has 0 bridgehead atoms. The Morgan fingerprint density at radius 1 is 1.23 bits per heavy atom. The molecule has 0 saturated carbocycles. The smallest absolute Gasteiger partial charge is 0.123 e. The first kappa shape index (κ1) is 10.2. The van der Waals surface area contributed by atoms with Gasteiger partial charge in [0.1, 0.15) is 11.9 Å². The molecule has 0 aromatic heterocycles. The van der Waals surface area contributed by atoms with E-state index < -0.39 is 12.2 Å². The fourth-order valence-electron chi connectivity index (χ4n) is 1.11. The third kappa shape index (κ3) is 2.50. The van der Waals surface area contributed by atoms with E-state index in [0.29, 0.717) is 12.0 Å². The minimum absolute atomic E-state index is 0.345. The van der Waals surface area contributed by atoms with Gasteiger partial charge in [-0.3, -0.25) is 0 Å². The van der Waals surface area contributed by atoms with Crippen LogP contribution in [-0.4, -0.2) is 16.3 Å². The first-order valence-electron chi connectivity index (χ1n) is 4.26. The van der Waals surface area contributed by atoms with Crippen LogP contribution in [-0.2, 0) is 0 Å². The second-order valence-electron chi connectivity index (χ2n) is 2.97. The number of rotatable bonds is 3. The Hall–Kier alpha value is -0.930. The van der Waals surface area contributed by atoms with Crippen molar-refractivity contribution in [3.05, 3.63) is 35.6 Å². The molecule has 0 unspecified atom stereocenters. The van der Waals surface area contributed by atoms with Gasteiger partial charge in [0.05, 0.1) is 6.10 Å². The highest BCUT2D eigenvalue weighted by Crippen LogP contribution is 2.18. The molecule has 0 aliphatic rings. The van der Waals surface area contributed by atoms with Gasteiger partial charge in [-0.2, -0.15) is 0 Å². The molecular formula is C10H13FO2. The van der Waals surface area contributed by atoms with Crippen LogP contribution >= 0.6 is 0 Å². The largest absolute Gasteiger partial charge is 0.390 e. The van der Waals surface area contributed by atoms with Gasteiger partial charge in [0.2, 0.25) is 0 Å². The molecule has 0 spiro atoms. The van der Waals surface area contributed by atoms with Crippen LogP contribution in [0.15, 0.2) is 24.3 Å². The lowest BCUT2D eigenvalue weighted by Gasteiger charge is -2.16. The van der Waals surface area contributed by atoms with E-state index in [1.165, 1.54) is 24.3 Å². The third-order valence-electron chi connectivity index (χ3n) is 1.99. The summed E-state index contributed by atoms with van der Waals surface area (Å²) >= 11 is 0. The number of hydrogen-bond acceptors (Lipinski definition) is 2. The fraction of sp³-hybridized carbons (Fsp3) is 0.400. The molecule has 13 heavy (non-hydrogen) atoms. The van der Waals surface area contributed by atoms with Gasteiger partial charge in [-0.05, 0) is 24.1 Å². The van der Waals surface area contributed by atoms with E-state index in [4.69, 9.17) is 0 Å². The summed E-state index contributed by atoms with van der Waals surface area (Å²) in [5.74, 6) is -0.345. The Bertz CT molecular complexity index is 258. The molecule has 0 radical (unpaired) electrons. The lowest BCUT2D eigenvalue weighted by atomic mass is 10.0. The Morgan fingerprint density at radius 3 is 2.23 bits per heavy atom. The standard InChI is InChI=1S/C10H13FO2/c1-2-9(12)10(13)7-3-5-8(11)6-4-7/h3-6,9-10,12-13H,2H2,1H3/t9-,10-/m0/s1. The van der Waals surface area contributed by atoms with E-state index in [1.54, 1.807) is 6.92 Å². The van der Waals surface area contributed by atoms with Gasteiger partial charge in [-0.15, -0.1) is 0 Å². The monoisotopic (exact) mass is 184 g/mol. The second-order valence-corrected chi connectivity index (χ2v) is 2.97. The van der Waals surface area contributed by atoms with E-state index in [9.17, 15) is 14.6 Å². The summed E-state index contributed by atoms with van der Waals surface area (Å²) in [7, 11) is 0. The predicted molar refractivity (Wildman–Crippen MR) is 47.7 cm³/mol. The molecule has 0 heterocycles. The molecule has 72 valence electrons. The highest BCUT2D eigenvalue weighted by atomic mass is 19.1. The minimum atomic E-state index is -0.925. The summed E-state index contributed by atoms with van der Waals surface area (Å²) in [5.41, 5.74) is 0.538. The van der Waals surface area contributed by atoms with Crippen LogP contribution in [0.2, 0.25) is 0 Å². The quantitative estimate of drug-likeness (QED) is 0.749. The molecule has 2 atom stereocenters. The van der Waals surface area contributed by atoms with E-state index in [0.717, 1.165) is 0 Å². The maximum Gasteiger partial charge on any atom is 0.123 e. The molecule has 0 aliphatic carbocycles. The summed E-state index contributed by atoms with van der Waals surface area (Å²) in [5, 5.41) is 18.8. The predicted octanol–water partition coefficient (Wildman–Crippen LogP) is 1.63. The lowest BCUT2D eigenvalue weighted by Crippen LogP contribution is -2.16. The van der Waals surface area contributed by atoms with Gasteiger partial charge in [0.25, 0.3) is 0 Å². The van der Waals surface area contributed by atoms with Crippen LogP contribution in [0.5, 0.6) is 0 Å². The first-order valence-corrected chi connectivity index (χ1v) is 4.26. The lowest BCUT2D eigenvalue weighted by molar-refractivity contribution is 0.0164. The zero-order valence-electron chi connectivity index (χ0n) is 7.44. The van der Waals surface area contributed by atoms with E-state index in [2.05, 4.69) is 0 Å². The van der Waals surface area contributed by atoms with Crippen LogP contribution in [0.1, 0.15) is 25.0 Å². The molecule has 1 aromatic rings. The highest BCUT2D eigenvalue weighted by molar-refractivity contribution is 5.19. The van der Waals surface area contributed by atoms with Crippen molar-refractivity contribution in [2.45, 2.75) is 25.6 Å². The normalized spacial score (nSPS) is 15.4. The molecule has 0 aliphatic heterocycles. The first-order chi connectivity index (χ1) is 6.15. The number of benzene rings is 1. The molecule has 1 rings (SSSR count). The fourth-order valence-corrected chi connectivity index (χ4v) is 1.11. The molecule has 0 fully saturated rings. The summed E-state index contributed by atoms with van der Waals surface area (Å²) in [6.45, 7) is 1.78. The van der Waals surface area contributed by atoms with Gasteiger partial charge in [-0.1, -0.05) is 19.1 Å². The molecule has 2 N–H and O–H groups in total. The van der Waals surface area contributed by atoms with Crippen molar-refractivity contribution >= 4 is 0 Å². The van der Waals surface area contributed by atoms with Gasteiger partial charge in [-0.25, -0.2) is 4.39 Å². The highest BCUT2D eigenvalue weighted by Gasteiger charge is 2.15. The molecule has 0 amide bonds. The van der Waals surface area contributed by atoms with Crippen LogP contribution in [0, 0.1) is 5.82 Å². The topological polar surface area (TPSA) is 40.5 Å². The molecule has 1 aromatic carbocycles. The average Bonchev–Trinajstić information content (AvgIpc) is 2.17. The van der Waals surface area contributed by atoms with Crippen molar-refractivity contribution in [2.24, 2.45) is 0 Å². The average molecular weight is 184 g/mol. The van der Waals surface area contributed by atoms with Gasteiger partial charge >= 0.3 is 0 Å². The number of hydrogen-bond donors (Lipinski definition) is 2. The molecule has 3 heteroatoms. The SMILES string of the molecule is CC[C@H](O)[C@@H](O)c1ccc(F)cc1. The van der Waals surface area contributed by atoms with Crippen molar-refractivity contribution in [3.63, 3.8) is 0 Å². The van der Waals surface area contributed by atoms with Crippen molar-refractivity contribution in [2.75, 3.05) is 0 Å². The maximum absolute atomic E-state index is 12.5. The van der Waals surface area contributed by atoms with E-state index in [1.807, 2.05) is 0 Å². The Kier molecular flexibility index (Phi) is 3.39. The van der Waals surface area contributed by atoms with Gasteiger partial charge in [0.15, 0.2) is 0 Å². The molecular weight excluding hydrogens is 171 g/mol. The summed E-state index contributed by atoms with van der Waals surface area (Å²) < 4.78 is 12.5. The zero-order chi connectivity index (χ0) is 9.84. The zero-order valence-corrected chi connectivity index (χ0v) is 7.44. The number of halogens is 1. The van der Waals surface area contributed by atoms with E-state index in [-0.39, 0.29) is 5.82 Å². The number of aliphatic hydroxyl groups excluding tert-OH is 2. The van der Waals surface area contributed by atoms with Gasteiger partial charge < -0.3 is 10.2 Å². The summed E-state index contributed by atoms with van der Waals surface area (Å²) in [6, 6.07) is 5.47. The Morgan fingerprint density at radius 2 is 1.77 bits per heavy atom. The van der Waals surface area contributed by atoms with Crippen molar-refractivity contribution in [1.29, 1.82) is 0 Å². The Labute approximate surface area is 76.6 Å². The summed E-state index contributed by atoms with van der Waals surface area (Å²) in [4.78, 5) is 0. The Balaban J connectivity index is 2.77. The second kappa shape index (κ2) is 4.35. The molecule has 0 saturated heterocycles. The van der Waals surface area contributed by atoms with Crippen molar-refractivity contribution < 1.29 is 14.6 Å². The van der Waals surface area contributed by atoms with Crippen LogP contribution in [0.3, 0.4) is 0 Å². The van der Waals surface area contributed by atoms with Crippen molar-refractivity contribution in [3.8, 4) is 0 Å². The van der Waals surface area contributed by atoms with Crippen LogP contribution < -0.4 is 0 Å². The maximum atomic E-state index is 12.5. The molecule has 2 nitrogen and oxygen atoms in total. The van der Waals surface area contributed by atoms with E-state index >= 15 is 0 Å². The van der Waals surface area contributed by atoms with Crippen LogP contribution in [0.25, 0.3) is 0 Å². The number of aliphatic hydroxyl groups is 2. The third-order valence-corrected chi connectivity index (χ3v) is 1.99. The van der Waals surface area contributed by atoms with Crippen molar-refractivity contribution in [1.82, 2.24) is 0 Å². The summed E-state index contributed by atoms with van der Waals surface area (Å²) in [6.07, 6.45) is -1.24.